The van der Waals surface area contributed by atoms with Crippen molar-refractivity contribution in [3.8, 4) is 0 Å². The van der Waals surface area contributed by atoms with Crippen LogP contribution in [-0.2, 0) is 14.3 Å². The summed E-state index contributed by atoms with van der Waals surface area (Å²) in [5.74, 6) is 0.474. The van der Waals surface area contributed by atoms with Crippen LogP contribution in [0.1, 0.15) is 25.7 Å². The van der Waals surface area contributed by atoms with E-state index < -0.39 is 0 Å². The van der Waals surface area contributed by atoms with Crippen molar-refractivity contribution in [1.29, 1.82) is 0 Å². The lowest BCUT2D eigenvalue weighted by atomic mass is 10.1. The molecule has 2 atom stereocenters. The fraction of sp³-hybridized carbons (Fsp3) is 0.833. The first-order valence-electron chi connectivity index (χ1n) is 6.42. The molecule has 1 N–H and O–H groups in total. The quantitative estimate of drug-likeness (QED) is 0.695. The summed E-state index contributed by atoms with van der Waals surface area (Å²) >= 11 is 0. The second-order valence-corrected chi connectivity index (χ2v) is 5.23. The first-order valence-corrected chi connectivity index (χ1v) is 6.42. The summed E-state index contributed by atoms with van der Waals surface area (Å²) in [5.41, 5.74) is 0. The number of hydrogen-bond donors (Lipinski definition) is 1. The minimum Gasteiger partial charge on any atom is -0.381 e. The zero-order valence-corrected chi connectivity index (χ0v) is 9.85. The molecule has 0 aromatic rings. The predicted octanol–water partition coefficient (Wildman–Crippen LogP) is -0.0976. The molecule has 0 bridgehead atoms. The Morgan fingerprint density at radius 3 is 2.76 bits per heavy atom. The highest BCUT2D eigenvalue weighted by molar-refractivity contribution is 6.06. The Hall–Kier alpha value is -0.940. The summed E-state index contributed by atoms with van der Waals surface area (Å²) in [7, 11) is 0. The van der Waals surface area contributed by atoms with E-state index in [9.17, 15) is 9.59 Å². The van der Waals surface area contributed by atoms with Crippen LogP contribution in [-0.4, -0.2) is 48.6 Å². The second kappa shape index (κ2) is 4.38. The molecule has 3 rings (SSSR count). The van der Waals surface area contributed by atoms with Gasteiger partial charge in [-0.15, -0.1) is 0 Å². The Kier molecular flexibility index (Phi) is 2.88. The van der Waals surface area contributed by atoms with Gasteiger partial charge in [-0.25, -0.2) is 0 Å². The Morgan fingerprint density at radius 1 is 1.29 bits per heavy atom. The van der Waals surface area contributed by atoms with Crippen molar-refractivity contribution in [1.82, 2.24) is 10.2 Å². The molecule has 2 saturated heterocycles. The van der Waals surface area contributed by atoms with E-state index in [1.54, 1.807) is 0 Å². The van der Waals surface area contributed by atoms with Gasteiger partial charge in [0, 0.05) is 19.2 Å². The third-order valence-electron chi connectivity index (χ3n) is 3.77. The topological polar surface area (TPSA) is 58.6 Å². The van der Waals surface area contributed by atoms with Crippen molar-refractivity contribution in [3.63, 3.8) is 0 Å². The molecule has 2 amide bonds. The van der Waals surface area contributed by atoms with Gasteiger partial charge >= 0.3 is 0 Å². The molecular weight excluding hydrogens is 220 g/mol. The van der Waals surface area contributed by atoms with Crippen LogP contribution >= 0.6 is 0 Å². The zero-order chi connectivity index (χ0) is 11.8. The van der Waals surface area contributed by atoms with Crippen molar-refractivity contribution >= 4 is 11.8 Å². The van der Waals surface area contributed by atoms with Crippen LogP contribution in [0.25, 0.3) is 0 Å². The lowest BCUT2D eigenvalue weighted by Crippen LogP contribution is -2.41. The molecule has 1 aliphatic carbocycles. The van der Waals surface area contributed by atoms with Crippen LogP contribution in [0.2, 0.25) is 0 Å². The summed E-state index contributed by atoms with van der Waals surface area (Å²) in [6.07, 6.45) is 3.36. The largest absolute Gasteiger partial charge is 0.381 e. The molecular formula is C12H18N2O3. The van der Waals surface area contributed by atoms with Gasteiger partial charge in [0.2, 0.25) is 11.8 Å². The van der Waals surface area contributed by atoms with Crippen LogP contribution in [0.4, 0.5) is 0 Å². The molecule has 94 valence electrons. The van der Waals surface area contributed by atoms with E-state index >= 15 is 0 Å². The average molecular weight is 238 g/mol. The van der Waals surface area contributed by atoms with Crippen molar-refractivity contribution in [2.24, 2.45) is 5.92 Å². The van der Waals surface area contributed by atoms with Gasteiger partial charge in [0.25, 0.3) is 0 Å². The highest BCUT2D eigenvalue weighted by atomic mass is 16.5. The number of likely N-dealkylation sites (tertiary alicyclic amines) is 1. The fourth-order valence-electron chi connectivity index (χ4n) is 2.58. The number of nitrogens with zero attached hydrogens (tertiary/aromatic N) is 1. The SMILES string of the molecule is O=C1CC(NCC2CCOC2)C(=O)N1C1CC1. The number of carbonyl (C=O) groups is 2. The van der Waals surface area contributed by atoms with E-state index in [1.165, 1.54) is 4.90 Å². The smallest absolute Gasteiger partial charge is 0.247 e. The number of carbonyl (C=O) groups excluding carboxylic acids is 2. The molecule has 2 unspecified atom stereocenters. The molecule has 5 nitrogen and oxygen atoms in total. The molecule has 17 heavy (non-hydrogen) atoms. The predicted molar refractivity (Wildman–Crippen MR) is 60.2 cm³/mol. The molecule has 0 spiro atoms. The molecule has 5 heteroatoms. The van der Waals surface area contributed by atoms with Crippen molar-refractivity contribution in [3.05, 3.63) is 0 Å². The molecule has 3 fully saturated rings. The molecule has 0 radical (unpaired) electrons. The molecule has 2 aliphatic heterocycles. The molecule has 3 aliphatic rings. The van der Waals surface area contributed by atoms with E-state index in [0.717, 1.165) is 39.0 Å². The van der Waals surface area contributed by atoms with Crippen LogP contribution in [0.15, 0.2) is 0 Å². The van der Waals surface area contributed by atoms with Crippen LogP contribution in [0.5, 0.6) is 0 Å². The fourth-order valence-corrected chi connectivity index (χ4v) is 2.58. The number of nitrogens with one attached hydrogen (secondary N) is 1. The summed E-state index contributed by atoms with van der Waals surface area (Å²) in [5, 5.41) is 3.22. The van der Waals surface area contributed by atoms with E-state index in [1.807, 2.05) is 0 Å². The van der Waals surface area contributed by atoms with Gasteiger partial charge in [-0.2, -0.15) is 0 Å². The third-order valence-corrected chi connectivity index (χ3v) is 3.77. The summed E-state index contributed by atoms with van der Waals surface area (Å²) in [6, 6.07) is -0.0830. The van der Waals surface area contributed by atoms with Gasteiger partial charge in [0.1, 0.15) is 0 Å². The van der Waals surface area contributed by atoms with Crippen LogP contribution in [0.3, 0.4) is 0 Å². The number of ether oxygens (including phenoxy) is 1. The van der Waals surface area contributed by atoms with Gasteiger partial charge in [-0.05, 0) is 25.2 Å². The van der Waals surface area contributed by atoms with E-state index in [2.05, 4.69) is 5.32 Å². The maximum atomic E-state index is 12.0. The first-order chi connectivity index (χ1) is 8.25. The Balaban J connectivity index is 1.53. The highest BCUT2D eigenvalue weighted by Gasteiger charge is 2.45. The molecule has 0 aromatic carbocycles. The van der Waals surface area contributed by atoms with Crippen molar-refractivity contribution in [2.75, 3.05) is 19.8 Å². The number of amides is 2. The minimum absolute atomic E-state index is 0.00216. The minimum atomic E-state index is -0.288. The summed E-state index contributed by atoms with van der Waals surface area (Å²) < 4.78 is 5.29. The van der Waals surface area contributed by atoms with Gasteiger partial charge in [0.05, 0.1) is 19.1 Å². The van der Waals surface area contributed by atoms with Crippen LogP contribution in [0, 0.1) is 5.92 Å². The van der Waals surface area contributed by atoms with E-state index in [0.29, 0.717) is 12.3 Å². The molecule has 0 aromatic heterocycles. The average Bonchev–Trinajstić information content (AvgIpc) is 2.90. The maximum absolute atomic E-state index is 12.0. The highest BCUT2D eigenvalue weighted by Crippen LogP contribution is 2.31. The number of imide groups is 1. The third kappa shape index (κ3) is 2.21. The lowest BCUT2D eigenvalue weighted by molar-refractivity contribution is -0.139. The van der Waals surface area contributed by atoms with Gasteiger partial charge in [0.15, 0.2) is 0 Å². The van der Waals surface area contributed by atoms with Crippen molar-refractivity contribution in [2.45, 2.75) is 37.8 Å². The Bertz CT molecular complexity index is 335. The Labute approximate surface area is 100 Å². The van der Waals surface area contributed by atoms with Gasteiger partial charge in [-0.1, -0.05) is 0 Å². The van der Waals surface area contributed by atoms with Gasteiger partial charge < -0.3 is 10.1 Å². The second-order valence-electron chi connectivity index (χ2n) is 5.23. The lowest BCUT2D eigenvalue weighted by Gasteiger charge is -2.15. The molecule has 1 saturated carbocycles. The standard InChI is InChI=1S/C12H18N2O3/c15-11-5-10(12(16)14(11)9-1-2-9)13-6-8-3-4-17-7-8/h8-10,13H,1-7H2. The zero-order valence-electron chi connectivity index (χ0n) is 9.85. The maximum Gasteiger partial charge on any atom is 0.247 e. The number of hydrogen-bond acceptors (Lipinski definition) is 4. The van der Waals surface area contributed by atoms with Crippen LogP contribution < -0.4 is 5.32 Å². The van der Waals surface area contributed by atoms with Gasteiger partial charge in [-0.3, -0.25) is 14.5 Å². The summed E-state index contributed by atoms with van der Waals surface area (Å²) in [6.45, 7) is 2.37. The Morgan fingerprint density at radius 2 is 2.12 bits per heavy atom. The number of rotatable bonds is 4. The summed E-state index contributed by atoms with van der Waals surface area (Å²) in [4.78, 5) is 25.2. The van der Waals surface area contributed by atoms with Crippen molar-refractivity contribution < 1.29 is 14.3 Å². The first kappa shape index (κ1) is 11.2. The van der Waals surface area contributed by atoms with E-state index in [4.69, 9.17) is 4.74 Å². The molecule has 2 heterocycles. The normalized spacial score (nSPS) is 33.8. The van der Waals surface area contributed by atoms with E-state index in [-0.39, 0.29) is 23.9 Å². The monoisotopic (exact) mass is 238 g/mol.